The van der Waals surface area contributed by atoms with E-state index in [9.17, 15) is 22.9 Å². The summed E-state index contributed by atoms with van der Waals surface area (Å²) >= 11 is 0. The number of nitro groups is 1. The van der Waals surface area contributed by atoms with Crippen LogP contribution in [-0.4, -0.2) is 26.6 Å². The number of nitro benzene ring substituents is 1. The molecule has 0 spiro atoms. The average Bonchev–Trinajstić information content (AvgIpc) is 3.10. The number of halogens is 1. The highest BCUT2D eigenvalue weighted by atomic mass is 32.2. The second-order valence-electron chi connectivity index (χ2n) is 4.62. The molecule has 0 bridgehead atoms. The number of nitrogens with zero attached hydrogens (tertiary/aromatic N) is 2. The summed E-state index contributed by atoms with van der Waals surface area (Å²) in [5, 5.41) is 10.9. The van der Waals surface area contributed by atoms with Crippen molar-refractivity contribution < 1.29 is 17.7 Å². The van der Waals surface area contributed by atoms with E-state index in [4.69, 9.17) is 0 Å². The van der Waals surface area contributed by atoms with Gasteiger partial charge in [0.2, 0.25) is 10.0 Å². The summed E-state index contributed by atoms with van der Waals surface area (Å²) in [6.45, 7) is 0. The zero-order chi connectivity index (χ0) is 14.4. The molecule has 19 heavy (non-hydrogen) atoms. The fraction of sp³-hybridized carbons (Fsp3) is 0.455. The predicted octanol–water partition coefficient (Wildman–Crippen LogP) is 2.01. The minimum atomic E-state index is -3.64. The van der Waals surface area contributed by atoms with Crippen molar-refractivity contribution >= 4 is 21.4 Å². The van der Waals surface area contributed by atoms with Crippen molar-refractivity contribution in [3.63, 3.8) is 0 Å². The van der Waals surface area contributed by atoms with Gasteiger partial charge in [-0.15, -0.1) is 0 Å². The second kappa shape index (κ2) is 4.44. The van der Waals surface area contributed by atoms with Gasteiger partial charge in [0.15, 0.2) is 0 Å². The Kier molecular flexibility index (Phi) is 3.21. The molecule has 6 nitrogen and oxygen atoms in total. The molecule has 1 aliphatic carbocycles. The topological polar surface area (TPSA) is 80.5 Å². The van der Waals surface area contributed by atoms with E-state index >= 15 is 0 Å². The van der Waals surface area contributed by atoms with Crippen molar-refractivity contribution in [1.82, 2.24) is 0 Å². The van der Waals surface area contributed by atoms with E-state index in [1.807, 2.05) is 0 Å². The molecule has 1 aromatic rings. The lowest BCUT2D eigenvalue weighted by molar-refractivity contribution is -0.384. The van der Waals surface area contributed by atoms with E-state index in [-0.39, 0.29) is 11.6 Å². The highest BCUT2D eigenvalue weighted by molar-refractivity contribution is 7.92. The summed E-state index contributed by atoms with van der Waals surface area (Å²) in [6.07, 6.45) is 2.57. The van der Waals surface area contributed by atoms with Crippen LogP contribution in [0.2, 0.25) is 0 Å². The van der Waals surface area contributed by atoms with Crippen LogP contribution in [0.5, 0.6) is 0 Å². The van der Waals surface area contributed by atoms with Gasteiger partial charge in [-0.25, -0.2) is 12.8 Å². The van der Waals surface area contributed by atoms with Gasteiger partial charge < -0.3 is 0 Å². The Bertz CT molecular complexity index is 640. The highest BCUT2D eigenvalue weighted by Crippen LogP contribution is 2.44. The van der Waals surface area contributed by atoms with Crippen molar-refractivity contribution in [2.75, 3.05) is 17.6 Å². The Morgan fingerprint density at radius 2 is 2.00 bits per heavy atom. The maximum Gasteiger partial charge on any atom is 0.296 e. The van der Waals surface area contributed by atoms with Crippen LogP contribution in [0.15, 0.2) is 12.1 Å². The van der Waals surface area contributed by atoms with E-state index in [2.05, 4.69) is 0 Å². The lowest BCUT2D eigenvalue weighted by Crippen LogP contribution is -2.25. The zero-order valence-electron chi connectivity index (χ0n) is 10.5. The lowest BCUT2D eigenvalue weighted by atomic mass is 10.1. The number of rotatable bonds is 4. The third-order valence-corrected chi connectivity index (χ3v) is 4.34. The molecule has 8 heteroatoms. The van der Waals surface area contributed by atoms with Crippen LogP contribution in [0, 0.1) is 15.9 Å². The molecule has 0 heterocycles. The van der Waals surface area contributed by atoms with Crippen LogP contribution >= 0.6 is 0 Å². The Hall–Kier alpha value is -1.70. The maximum atomic E-state index is 13.8. The Morgan fingerprint density at radius 1 is 1.42 bits per heavy atom. The van der Waals surface area contributed by atoms with Gasteiger partial charge in [0, 0.05) is 7.05 Å². The highest BCUT2D eigenvalue weighted by Gasteiger charge is 2.31. The smallest absolute Gasteiger partial charge is 0.267 e. The lowest BCUT2D eigenvalue weighted by Gasteiger charge is -2.17. The summed E-state index contributed by atoms with van der Waals surface area (Å²) in [6, 6.07) is 2.07. The van der Waals surface area contributed by atoms with E-state index in [0.29, 0.717) is 5.56 Å². The molecule has 0 N–H and O–H groups in total. The maximum absolute atomic E-state index is 13.8. The van der Waals surface area contributed by atoms with Gasteiger partial charge in [0.05, 0.1) is 17.2 Å². The minimum absolute atomic E-state index is 0.0347. The Balaban J connectivity index is 2.62. The van der Waals surface area contributed by atoms with Crippen molar-refractivity contribution in [1.29, 1.82) is 0 Å². The Morgan fingerprint density at radius 3 is 2.42 bits per heavy atom. The minimum Gasteiger partial charge on any atom is -0.267 e. The predicted molar refractivity (Wildman–Crippen MR) is 68.3 cm³/mol. The molecule has 0 aromatic heterocycles. The largest absolute Gasteiger partial charge is 0.296 e. The molecule has 0 saturated heterocycles. The second-order valence-corrected chi connectivity index (χ2v) is 6.64. The first-order valence-corrected chi connectivity index (χ1v) is 7.48. The van der Waals surface area contributed by atoms with Gasteiger partial charge >= 0.3 is 0 Å². The van der Waals surface area contributed by atoms with Gasteiger partial charge in [0.1, 0.15) is 11.5 Å². The van der Waals surface area contributed by atoms with Gasteiger partial charge in [-0.2, -0.15) is 0 Å². The molecule has 1 aliphatic rings. The van der Waals surface area contributed by atoms with E-state index in [0.717, 1.165) is 29.5 Å². The van der Waals surface area contributed by atoms with Gasteiger partial charge in [0.25, 0.3) is 5.69 Å². The van der Waals surface area contributed by atoms with Crippen molar-refractivity contribution in [2.45, 2.75) is 18.8 Å². The molecule has 0 atom stereocenters. The van der Waals surface area contributed by atoms with E-state index < -0.39 is 26.5 Å². The number of sulfonamides is 1. The molecular formula is C11H13FN2O4S. The monoisotopic (exact) mass is 288 g/mol. The molecule has 1 aromatic carbocycles. The molecule has 2 rings (SSSR count). The third-order valence-electron chi connectivity index (χ3n) is 3.14. The number of hydrogen-bond acceptors (Lipinski definition) is 4. The van der Waals surface area contributed by atoms with Crippen molar-refractivity contribution in [3.05, 3.63) is 33.6 Å². The molecule has 0 radical (unpaired) electrons. The van der Waals surface area contributed by atoms with Crippen molar-refractivity contribution in [2.24, 2.45) is 0 Å². The van der Waals surface area contributed by atoms with Crippen molar-refractivity contribution in [3.8, 4) is 0 Å². The van der Waals surface area contributed by atoms with Crippen LogP contribution in [-0.2, 0) is 10.0 Å². The van der Waals surface area contributed by atoms with Crippen LogP contribution in [0.3, 0.4) is 0 Å². The van der Waals surface area contributed by atoms with E-state index in [1.165, 1.54) is 13.1 Å². The standard InChI is InChI=1S/C11H13FN2O4S/c1-13(19(2,17)18)10-5-8(7-3-4-7)9(12)6-11(10)14(15)16/h5-7H,3-4H2,1-2H3. The summed E-state index contributed by atoms with van der Waals surface area (Å²) in [5.74, 6) is -0.618. The summed E-state index contributed by atoms with van der Waals surface area (Å²) in [5.41, 5.74) is -0.304. The average molecular weight is 288 g/mol. The summed E-state index contributed by atoms with van der Waals surface area (Å²) in [7, 11) is -2.43. The number of anilines is 1. The van der Waals surface area contributed by atoms with Gasteiger partial charge in [-0.1, -0.05) is 0 Å². The van der Waals surface area contributed by atoms with E-state index in [1.54, 1.807) is 0 Å². The molecule has 1 saturated carbocycles. The SMILES string of the molecule is CN(c1cc(C2CC2)c(F)cc1[N+](=O)[O-])S(C)(=O)=O. The quantitative estimate of drug-likeness (QED) is 0.627. The molecule has 0 aliphatic heterocycles. The molecular weight excluding hydrogens is 275 g/mol. The Labute approximate surface area is 110 Å². The van der Waals surface area contributed by atoms with Crippen LogP contribution < -0.4 is 4.31 Å². The van der Waals surface area contributed by atoms with Gasteiger partial charge in [-0.05, 0) is 30.4 Å². The molecule has 0 unspecified atom stereocenters. The summed E-state index contributed by atoms with van der Waals surface area (Å²) in [4.78, 5) is 10.1. The number of hydrogen-bond donors (Lipinski definition) is 0. The van der Waals surface area contributed by atoms with Crippen LogP contribution in [0.4, 0.5) is 15.8 Å². The zero-order valence-corrected chi connectivity index (χ0v) is 11.3. The van der Waals surface area contributed by atoms with Gasteiger partial charge in [-0.3, -0.25) is 14.4 Å². The normalized spacial score (nSPS) is 15.3. The third kappa shape index (κ3) is 2.67. The van der Waals surface area contributed by atoms with Crippen LogP contribution in [0.1, 0.15) is 24.3 Å². The fourth-order valence-electron chi connectivity index (χ4n) is 1.85. The first-order chi connectivity index (χ1) is 8.71. The fourth-order valence-corrected chi connectivity index (χ4v) is 2.36. The summed E-state index contributed by atoms with van der Waals surface area (Å²) < 4.78 is 37.6. The molecule has 104 valence electrons. The van der Waals surface area contributed by atoms with Crippen LogP contribution in [0.25, 0.3) is 0 Å². The molecule has 1 fully saturated rings. The number of benzene rings is 1. The first kappa shape index (κ1) is 13.7. The first-order valence-electron chi connectivity index (χ1n) is 5.63. The molecule has 0 amide bonds.